The molecule has 8 nitrogen and oxygen atoms in total. The Bertz CT molecular complexity index is 780. The van der Waals surface area contributed by atoms with Crippen LogP contribution in [0.4, 0.5) is 5.69 Å². The summed E-state index contributed by atoms with van der Waals surface area (Å²) in [5, 5.41) is 10.9. The Labute approximate surface area is 118 Å². The fourth-order valence-corrected chi connectivity index (χ4v) is 1.91. The molecule has 0 fully saturated rings. The summed E-state index contributed by atoms with van der Waals surface area (Å²) in [7, 11) is 1.33. The number of aromatic amines is 1. The SMILES string of the molecule is CCOC(=O)c1c[nH]c2c(OC)cc([N+](=O)[O-])cc2c1=O. The molecule has 0 aliphatic heterocycles. The van der Waals surface area contributed by atoms with Crippen LogP contribution in [0.5, 0.6) is 5.75 Å². The van der Waals surface area contributed by atoms with Crippen molar-refractivity contribution in [2.45, 2.75) is 6.92 Å². The molecule has 0 aliphatic rings. The maximum Gasteiger partial charge on any atom is 0.343 e. The number of rotatable bonds is 4. The molecule has 0 saturated carbocycles. The number of carbonyl (C=O) groups excluding carboxylic acids is 1. The molecule has 21 heavy (non-hydrogen) atoms. The first kappa shape index (κ1) is 14.5. The number of methoxy groups -OCH3 is 1. The normalized spacial score (nSPS) is 10.4. The van der Waals surface area contributed by atoms with E-state index in [4.69, 9.17) is 9.47 Å². The van der Waals surface area contributed by atoms with E-state index >= 15 is 0 Å². The van der Waals surface area contributed by atoms with Crippen LogP contribution in [0.25, 0.3) is 10.9 Å². The van der Waals surface area contributed by atoms with Gasteiger partial charge in [0.05, 0.1) is 35.6 Å². The van der Waals surface area contributed by atoms with Crippen LogP contribution < -0.4 is 10.2 Å². The van der Waals surface area contributed by atoms with Crippen LogP contribution in [-0.4, -0.2) is 29.6 Å². The van der Waals surface area contributed by atoms with Gasteiger partial charge in [-0.15, -0.1) is 0 Å². The number of nitro groups is 1. The molecule has 0 amide bonds. The number of non-ortho nitro benzene ring substituents is 1. The van der Waals surface area contributed by atoms with Crippen molar-refractivity contribution in [3.8, 4) is 5.75 Å². The van der Waals surface area contributed by atoms with E-state index < -0.39 is 16.3 Å². The molecule has 0 spiro atoms. The Morgan fingerprint density at radius 3 is 2.71 bits per heavy atom. The topological polar surface area (TPSA) is 112 Å². The maximum absolute atomic E-state index is 12.3. The molecule has 2 aromatic rings. The average molecular weight is 292 g/mol. The summed E-state index contributed by atoms with van der Waals surface area (Å²) in [6, 6.07) is 2.29. The number of fused-ring (bicyclic) bond motifs is 1. The second kappa shape index (κ2) is 5.61. The van der Waals surface area contributed by atoms with Crippen LogP contribution in [-0.2, 0) is 4.74 Å². The van der Waals surface area contributed by atoms with Crippen molar-refractivity contribution < 1.29 is 19.2 Å². The minimum absolute atomic E-state index is 0.00777. The number of esters is 1. The highest BCUT2D eigenvalue weighted by molar-refractivity contribution is 5.95. The number of hydrogen-bond acceptors (Lipinski definition) is 6. The van der Waals surface area contributed by atoms with Gasteiger partial charge in [-0.3, -0.25) is 14.9 Å². The number of nitro benzene ring substituents is 1. The van der Waals surface area contributed by atoms with Crippen molar-refractivity contribution in [2.24, 2.45) is 0 Å². The summed E-state index contributed by atoms with van der Waals surface area (Å²) in [6.45, 7) is 1.73. The zero-order chi connectivity index (χ0) is 15.6. The lowest BCUT2D eigenvalue weighted by molar-refractivity contribution is -0.384. The van der Waals surface area contributed by atoms with E-state index in [1.54, 1.807) is 6.92 Å². The Balaban J connectivity index is 2.76. The number of benzene rings is 1. The zero-order valence-corrected chi connectivity index (χ0v) is 11.3. The molecule has 110 valence electrons. The Hall–Kier alpha value is -2.90. The van der Waals surface area contributed by atoms with Gasteiger partial charge in [-0.05, 0) is 6.92 Å². The second-order valence-corrected chi connectivity index (χ2v) is 4.08. The summed E-state index contributed by atoms with van der Waals surface area (Å²) in [6.07, 6.45) is 1.21. The van der Waals surface area contributed by atoms with E-state index in [2.05, 4.69) is 4.98 Å². The number of nitrogens with one attached hydrogen (secondary N) is 1. The van der Waals surface area contributed by atoms with Crippen molar-refractivity contribution in [1.29, 1.82) is 0 Å². The Kier molecular flexibility index (Phi) is 3.88. The molecular weight excluding hydrogens is 280 g/mol. The number of H-pyrrole nitrogens is 1. The van der Waals surface area contributed by atoms with Gasteiger partial charge in [0.25, 0.3) is 5.69 Å². The monoisotopic (exact) mass is 292 g/mol. The highest BCUT2D eigenvalue weighted by Crippen LogP contribution is 2.27. The average Bonchev–Trinajstić information content (AvgIpc) is 2.46. The summed E-state index contributed by atoms with van der Waals surface area (Å²) >= 11 is 0. The third kappa shape index (κ3) is 2.55. The molecule has 8 heteroatoms. The molecule has 2 rings (SSSR count). The predicted octanol–water partition coefficient (Wildman–Crippen LogP) is 1.62. The minimum atomic E-state index is -0.786. The Morgan fingerprint density at radius 1 is 1.43 bits per heavy atom. The summed E-state index contributed by atoms with van der Waals surface area (Å²) in [5.41, 5.74) is -0.886. The van der Waals surface area contributed by atoms with Gasteiger partial charge in [-0.2, -0.15) is 0 Å². The number of ether oxygens (including phenoxy) is 2. The van der Waals surface area contributed by atoms with Gasteiger partial charge in [0.1, 0.15) is 11.3 Å². The van der Waals surface area contributed by atoms with E-state index in [1.165, 1.54) is 19.4 Å². The van der Waals surface area contributed by atoms with Crippen LogP contribution in [0, 0.1) is 10.1 Å². The zero-order valence-electron chi connectivity index (χ0n) is 11.3. The van der Waals surface area contributed by atoms with Gasteiger partial charge in [0, 0.05) is 12.3 Å². The molecule has 0 saturated heterocycles. The van der Waals surface area contributed by atoms with Gasteiger partial charge in [-0.1, -0.05) is 0 Å². The first-order chi connectivity index (χ1) is 9.99. The maximum atomic E-state index is 12.3. The number of aromatic nitrogens is 1. The largest absolute Gasteiger partial charge is 0.494 e. The predicted molar refractivity (Wildman–Crippen MR) is 73.7 cm³/mol. The molecule has 1 aromatic heterocycles. The minimum Gasteiger partial charge on any atom is -0.494 e. The lowest BCUT2D eigenvalue weighted by atomic mass is 10.1. The first-order valence-corrected chi connectivity index (χ1v) is 6.04. The molecule has 1 heterocycles. The standard InChI is InChI=1S/C13H12N2O6/c1-3-21-13(17)9-6-14-11-8(12(9)16)4-7(15(18)19)5-10(11)20-2/h4-6H,3H2,1-2H3,(H,14,16). The number of pyridine rings is 1. The molecule has 0 radical (unpaired) electrons. The number of hydrogen-bond donors (Lipinski definition) is 1. The molecule has 0 unspecified atom stereocenters. The van der Waals surface area contributed by atoms with E-state index in [0.29, 0.717) is 0 Å². The van der Waals surface area contributed by atoms with Crippen LogP contribution in [0.1, 0.15) is 17.3 Å². The lowest BCUT2D eigenvalue weighted by Gasteiger charge is -2.07. The van der Waals surface area contributed by atoms with Crippen molar-refractivity contribution >= 4 is 22.6 Å². The first-order valence-electron chi connectivity index (χ1n) is 6.04. The van der Waals surface area contributed by atoms with Crippen molar-refractivity contribution in [2.75, 3.05) is 13.7 Å². The highest BCUT2D eigenvalue weighted by Gasteiger charge is 2.19. The van der Waals surface area contributed by atoms with Crippen molar-refractivity contribution in [3.63, 3.8) is 0 Å². The smallest absolute Gasteiger partial charge is 0.343 e. The van der Waals surface area contributed by atoms with E-state index in [9.17, 15) is 19.7 Å². The van der Waals surface area contributed by atoms with Crippen molar-refractivity contribution in [1.82, 2.24) is 4.98 Å². The van der Waals surface area contributed by atoms with Gasteiger partial charge >= 0.3 is 5.97 Å². The fourth-order valence-electron chi connectivity index (χ4n) is 1.91. The van der Waals surface area contributed by atoms with Crippen molar-refractivity contribution in [3.05, 3.63) is 44.2 Å². The lowest BCUT2D eigenvalue weighted by Crippen LogP contribution is -2.18. The second-order valence-electron chi connectivity index (χ2n) is 4.08. The third-order valence-electron chi connectivity index (χ3n) is 2.86. The number of nitrogens with zero attached hydrogens (tertiary/aromatic N) is 1. The van der Waals surface area contributed by atoms with Gasteiger partial charge < -0.3 is 14.5 Å². The highest BCUT2D eigenvalue weighted by atomic mass is 16.6. The fraction of sp³-hybridized carbons (Fsp3) is 0.231. The Morgan fingerprint density at radius 2 is 2.14 bits per heavy atom. The molecular formula is C13H12N2O6. The van der Waals surface area contributed by atoms with Crippen LogP contribution >= 0.6 is 0 Å². The summed E-state index contributed by atoms with van der Waals surface area (Å²) < 4.78 is 9.80. The molecule has 1 aromatic carbocycles. The molecule has 0 atom stereocenters. The van der Waals surface area contributed by atoms with Crippen LogP contribution in [0.3, 0.4) is 0 Å². The molecule has 0 bridgehead atoms. The van der Waals surface area contributed by atoms with Gasteiger partial charge in [0.2, 0.25) is 5.43 Å². The molecule has 0 aliphatic carbocycles. The van der Waals surface area contributed by atoms with E-state index in [1.807, 2.05) is 0 Å². The van der Waals surface area contributed by atoms with Gasteiger partial charge in [0.15, 0.2) is 0 Å². The third-order valence-corrected chi connectivity index (χ3v) is 2.86. The summed E-state index contributed by atoms with van der Waals surface area (Å²) in [5.74, 6) is -0.641. The van der Waals surface area contributed by atoms with Crippen LogP contribution in [0.2, 0.25) is 0 Å². The summed E-state index contributed by atoms with van der Waals surface area (Å²) in [4.78, 5) is 37.0. The van der Waals surface area contributed by atoms with E-state index in [0.717, 1.165) is 6.07 Å². The van der Waals surface area contributed by atoms with Crippen LogP contribution in [0.15, 0.2) is 23.1 Å². The quantitative estimate of drug-likeness (QED) is 0.520. The molecule has 1 N–H and O–H groups in total. The van der Waals surface area contributed by atoms with Gasteiger partial charge in [-0.25, -0.2) is 4.79 Å². The number of carbonyl (C=O) groups is 1. The van der Waals surface area contributed by atoms with E-state index in [-0.39, 0.29) is 34.5 Å².